The third-order valence-corrected chi connectivity index (χ3v) is 9.19. The minimum atomic E-state index is -4.66. The fourth-order valence-electron chi connectivity index (χ4n) is 6.57. The molecule has 2 N–H and O–H groups in total. The Bertz CT molecular complexity index is 1760. The maximum atomic E-state index is 14.1. The third kappa shape index (κ3) is 5.66. The van der Waals surface area contributed by atoms with Crippen LogP contribution < -0.4 is 10.6 Å². The molecule has 12 nitrogen and oxygen atoms in total. The molecule has 0 spiro atoms. The van der Waals surface area contributed by atoms with Crippen molar-refractivity contribution in [2.45, 2.75) is 86.9 Å². The molecule has 46 heavy (non-hydrogen) atoms. The van der Waals surface area contributed by atoms with Crippen molar-refractivity contribution in [3.8, 4) is 0 Å². The largest absolute Gasteiger partial charge is 0.408 e. The Morgan fingerprint density at radius 1 is 1.17 bits per heavy atom. The Labute approximate surface area is 257 Å². The van der Waals surface area contributed by atoms with Gasteiger partial charge in [0.05, 0.1) is 35.2 Å². The molecule has 2 aliphatic carbocycles. The third-order valence-electron chi connectivity index (χ3n) is 9.19. The molecule has 5 heterocycles. The van der Waals surface area contributed by atoms with Gasteiger partial charge in [-0.05, 0) is 67.3 Å². The monoisotopic (exact) mass is 645 g/mol. The molecule has 1 aliphatic heterocycles. The first-order valence-corrected chi connectivity index (χ1v) is 14.9. The molecule has 2 saturated carbocycles. The molecule has 3 fully saturated rings. The topological polar surface area (TPSA) is 153 Å². The maximum absolute atomic E-state index is 14.1. The Hall–Kier alpha value is -4.57. The summed E-state index contributed by atoms with van der Waals surface area (Å²) in [5.41, 5.74) is 0.0567. The first-order valence-electron chi connectivity index (χ1n) is 14.9. The number of fused-ring (bicyclic) bond motifs is 1. The summed E-state index contributed by atoms with van der Waals surface area (Å²) in [5.74, 6) is -4.47. The van der Waals surface area contributed by atoms with E-state index in [9.17, 15) is 31.5 Å². The molecule has 242 valence electrons. The number of hydrogen-bond acceptors (Lipinski definition) is 9. The lowest BCUT2D eigenvalue weighted by Crippen LogP contribution is -2.40. The van der Waals surface area contributed by atoms with Crippen LogP contribution >= 0.6 is 0 Å². The molecule has 4 aromatic rings. The smallest absolute Gasteiger partial charge is 0.344 e. The van der Waals surface area contributed by atoms with Gasteiger partial charge in [-0.1, -0.05) is 5.16 Å². The summed E-state index contributed by atoms with van der Waals surface area (Å²) in [6.07, 6.45) is 1.43. The fraction of sp³-hybridized carbons (Fsp3) is 0.517. The lowest BCUT2D eigenvalue weighted by atomic mass is 9.76. The number of nitrogens with zero attached hydrogens (tertiary/aromatic N) is 7. The summed E-state index contributed by atoms with van der Waals surface area (Å²) >= 11 is 0. The van der Waals surface area contributed by atoms with Crippen LogP contribution in [0.25, 0.3) is 5.65 Å². The predicted octanol–water partition coefficient (Wildman–Crippen LogP) is 4.01. The van der Waals surface area contributed by atoms with Crippen LogP contribution in [0.1, 0.15) is 90.0 Å². The van der Waals surface area contributed by atoms with E-state index in [0.29, 0.717) is 22.6 Å². The number of rotatable bonds is 8. The molecule has 7 rings (SSSR count). The second-order valence-corrected chi connectivity index (χ2v) is 12.4. The minimum absolute atomic E-state index is 0.0415. The molecule has 0 bridgehead atoms. The summed E-state index contributed by atoms with van der Waals surface area (Å²) in [6, 6.07) is 0.168. The van der Waals surface area contributed by atoms with Crippen LogP contribution in [0, 0.1) is 5.92 Å². The van der Waals surface area contributed by atoms with E-state index in [2.05, 4.69) is 41.0 Å². The molecular formula is C29H28F5N9O3. The van der Waals surface area contributed by atoms with Gasteiger partial charge < -0.3 is 10.6 Å². The highest BCUT2D eigenvalue weighted by Gasteiger charge is 2.57. The second-order valence-electron chi connectivity index (χ2n) is 12.4. The highest BCUT2D eigenvalue weighted by molar-refractivity contribution is 5.93. The zero-order chi connectivity index (χ0) is 32.3. The Morgan fingerprint density at radius 3 is 2.63 bits per heavy atom. The maximum Gasteiger partial charge on any atom is 0.408 e. The van der Waals surface area contributed by atoms with Gasteiger partial charge in [0.15, 0.2) is 11.3 Å². The van der Waals surface area contributed by atoms with Gasteiger partial charge in [-0.2, -0.15) is 18.3 Å². The van der Waals surface area contributed by atoms with Crippen LogP contribution in [0.5, 0.6) is 0 Å². The summed E-state index contributed by atoms with van der Waals surface area (Å²) in [5, 5.41) is 17.0. The van der Waals surface area contributed by atoms with Gasteiger partial charge in [0.1, 0.15) is 18.1 Å². The summed E-state index contributed by atoms with van der Waals surface area (Å²) in [4.78, 5) is 39.2. The number of carbonyl (C=O) groups is 2. The van der Waals surface area contributed by atoms with Crippen LogP contribution in [0.3, 0.4) is 0 Å². The van der Waals surface area contributed by atoms with Crippen molar-refractivity contribution >= 4 is 17.5 Å². The van der Waals surface area contributed by atoms with Gasteiger partial charge in [0.25, 0.3) is 5.91 Å². The first-order chi connectivity index (χ1) is 21.9. The zero-order valence-electron chi connectivity index (χ0n) is 24.2. The normalized spacial score (nSPS) is 24.2. The average molecular weight is 646 g/mol. The van der Waals surface area contributed by atoms with Gasteiger partial charge in [0, 0.05) is 25.0 Å². The van der Waals surface area contributed by atoms with E-state index < -0.39 is 47.8 Å². The van der Waals surface area contributed by atoms with E-state index in [1.807, 2.05) is 0 Å². The standard InChI is InChI=1S/C29H28F5N9O3/c30-28(31)6-3-17(4-7-28)22(40-25(44)24-23(16-1-2-16)41-46-42-24)18-13-43-21(38-18)9-15(12-37-43)10-27(19-5-8-35-14-36-19)11-20(29(32,33)34)39-26(27)45/h5,8-9,12-14,16-17,20,22H,1-4,6-7,10-11H2,(H,39,45)(H,40,44)/t20-,22-,27-/m0/s1. The van der Waals surface area contributed by atoms with E-state index in [4.69, 9.17) is 4.63 Å². The van der Waals surface area contributed by atoms with Gasteiger partial charge >= 0.3 is 6.18 Å². The van der Waals surface area contributed by atoms with Crippen molar-refractivity contribution in [1.29, 1.82) is 0 Å². The van der Waals surface area contributed by atoms with Crippen molar-refractivity contribution in [2.75, 3.05) is 0 Å². The quantitative estimate of drug-likeness (QED) is 0.271. The fourth-order valence-corrected chi connectivity index (χ4v) is 6.57. The van der Waals surface area contributed by atoms with Crippen molar-refractivity contribution in [3.05, 3.63) is 65.4 Å². The molecule has 3 aliphatic rings. The van der Waals surface area contributed by atoms with E-state index in [0.717, 1.165) is 12.8 Å². The Balaban J connectivity index is 1.20. The highest BCUT2D eigenvalue weighted by Crippen LogP contribution is 2.44. The number of aromatic nitrogens is 7. The van der Waals surface area contributed by atoms with E-state index in [1.54, 1.807) is 12.3 Å². The van der Waals surface area contributed by atoms with Gasteiger partial charge in [-0.25, -0.2) is 32.9 Å². The molecule has 4 aromatic heterocycles. The minimum Gasteiger partial charge on any atom is -0.344 e. The van der Waals surface area contributed by atoms with Crippen molar-refractivity contribution in [3.63, 3.8) is 0 Å². The number of nitrogens with one attached hydrogen (secondary N) is 2. The second kappa shape index (κ2) is 11.0. The van der Waals surface area contributed by atoms with Gasteiger partial charge in [0.2, 0.25) is 11.8 Å². The molecule has 2 amide bonds. The molecule has 0 aromatic carbocycles. The molecule has 17 heteroatoms. The number of amides is 2. The molecular weight excluding hydrogens is 617 g/mol. The van der Waals surface area contributed by atoms with Crippen molar-refractivity contribution < 1.29 is 36.2 Å². The molecule has 1 saturated heterocycles. The van der Waals surface area contributed by atoms with Crippen LogP contribution in [0.2, 0.25) is 0 Å². The van der Waals surface area contributed by atoms with E-state index >= 15 is 0 Å². The van der Waals surface area contributed by atoms with E-state index in [1.165, 1.54) is 29.3 Å². The van der Waals surface area contributed by atoms with Gasteiger partial charge in [-0.15, -0.1) is 0 Å². The molecule has 3 atom stereocenters. The summed E-state index contributed by atoms with van der Waals surface area (Å²) in [7, 11) is 0. The van der Waals surface area contributed by atoms with Crippen LogP contribution in [0.4, 0.5) is 22.0 Å². The van der Waals surface area contributed by atoms with Crippen LogP contribution in [0.15, 0.2) is 41.7 Å². The molecule has 0 unspecified atom stereocenters. The number of alkyl halides is 5. The number of hydrogen-bond donors (Lipinski definition) is 2. The number of imidazole rings is 1. The zero-order valence-corrected chi connectivity index (χ0v) is 24.2. The van der Waals surface area contributed by atoms with Crippen molar-refractivity contribution in [1.82, 2.24) is 45.5 Å². The average Bonchev–Trinajstić information content (AvgIpc) is 3.42. The lowest BCUT2D eigenvalue weighted by Gasteiger charge is -2.33. The van der Waals surface area contributed by atoms with E-state index in [-0.39, 0.29) is 55.3 Å². The lowest BCUT2D eigenvalue weighted by molar-refractivity contribution is -0.155. The summed E-state index contributed by atoms with van der Waals surface area (Å²) in [6.45, 7) is 0. The predicted molar refractivity (Wildman–Crippen MR) is 146 cm³/mol. The van der Waals surface area contributed by atoms with Crippen LogP contribution in [-0.2, 0) is 16.6 Å². The Kier molecular flexibility index (Phi) is 7.23. The highest BCUT2D eigenvalue weighted by atomic mass is 19.4. The van der Waals surface area contributed by atoms with Crippen LogP contribution in [-0.4, -0.2) is 64.8 Å². The SMILES string of the molecule is O=C(N[C@H](c1cn2ncc(C[C@@]3(c4ccncn4)C[C@@H](C(F)(F)F)NC3=O)cc2n1)C1CCC(F)(F)CC1)c1nonc1C1CC1. The number of halogens is 5. The van der Waals surface area contributed by atoms with Gasteiger partial charge in [-0.3, -0.25) is 9.59 Å². The Morgan fingerprint density at radius 2 is 1.96 bits per heavy atom. The van der Waals surface area contributed by atoms with Crippen molar-refractivity contribution in [2.24, 2.45) is 5.92 Å². The molecule has 0 radical (unpaired) electrons. The first kappa shape index (κ1) is 30.1. The number of carbonyl (C=O) groups excluding carboxylic acids is 2. The summed E-state index contributed by atoms with van der Waals surface area (Å²) < 4.78 is 75.5.